The maximum absolute atomic E-state index is 15.2. The number of amides is 4. The molecule has 2 heterocycles. The van der Waals surface area contributed by atoms with Gasteiger partial charge in [0.05, 0.1) is 49.6 Å². The average Bonchev–Trinajstić information content (AvgIpc) is 1.71. The van der Waals surface area contributed by atoms with Crippen molar-refractivity contribution in [2.75, 3.05) is 53.5 Å². The number of nitrogens with zero attached hydrogens (tertiary/aromatic N) is 4. The molecule has 1 N–H and O–H groups in total. The molecular formula is C100H111ClN4O14. The number of esters is 3. The van der Waals surface area contributed by atoms with E-state index in [1.807, 2.05) is 224 Å². The highest BCUT2D eigenvalue weighted by molar-refractivity contribution is 6.31. The van der Waals surface area contributed by atoms with Crippen LogP contribution in [0.4, 0.5) is 0 Å². The molecule has 4 aliphatic rings. The summed E-state index contributed by atoms with van der Waals surface area (Å²) in [5.41, 5.74) is 11.2. The van der Waals surface area contributed by atoms with Crippen molar-refractivity contribution in [3.8, 4) is 22.3 Å². The summed E-state index contributed by atoms with van der Waals surface area (Å²) in [5, 5.41) is 10.1. The van der Waals surface area contributed by atoms with Crippen LogP contribution < -0.4 is 0 Å². The summed E-state index contributed by atoms with van der Waals surface area (Å²) in [4.78, 5) is 145. The molecule has 0 radical (unpaired) electrons. The lowest BCUT2D eigenvalue weighted by Crippen LogP contribution is -2.48. The zero-order valence-corrected chi connectivity index (χ0v) is 68.0. The standard InChI is InChI=1S/C59H59ClN2O7.C39H44N2O7.2CH4/c1-40-29-31-45(32-30-40)59(44-21-9-5-10-22-44,51-27-15-16-28-52(51)60)69-56(65)38-43(37-55(64)68-39-50-48-25-13-11-23-46(48)47-24-12-14-26-49(47)50)58(67)61(3)53(36-42-19-7-4-8-20-42)54(63)35-41(2)57(66)62-33-17-6-18-34-62;1-26(38(46)41-19-11-4-12-20-41)21-35(42)34(22-27-13-5-3-6-14-27)40(2)39(47)28(23-36(43)44)24-37(45)48-25-33-31-17-9-7-15-29(31)30-16-8-10-18-32(30)33;;/h4-5,7-16,19-32,41,43,50,53H,6,17-18,33-39H2,1-3H3;3,5-10,13-18,26,28,33-34H,4,11-12,19-25H2,1-2H3,(H,43,44);2*1H4/t41-,43+,53+,59?;26-,28-,34+;;/m11../s1. The number of ether oxygens (including phenoxy) is 3. The number of piperidine rings is 2. The monoisotopic (exact) mass is 1630 g/mol. The highest BCUT2D eigenvalue weighted by atomic mass is 35.5. The fourth-order valence-electron chi connectivity index (χ4n) is 17.1. The third-order valence-electron chi connectivity index (χ3n) is 23.4. The van der Waals surface area contributed by atoms with Crippen molar-refractivity contribution >= 4 is 70.7 Å². The van der Waals surface area contributed by atoms with E-state index in [0.29, 0.717) is 47.9 Å². The van der Waals surface area contributed by atoms with E-state index in [2.05, 4.69) is 12.1 Å². The van der Waals surface area contributed by atoms with Crippen LogP contribution >= 0.6 is 11.6 Å². The van der Waals surface area contributed by atoms with Crippen molar-refractivity contribution < 1.29 is 67.3 Å². The molecule has 2 saturated heterocycles. The molecule has 622 valence electrons. The van der Waals surface area contributed by atoms with Gasteiger partial charge >= 0.3 is 23.9 Å². The summed E-state index contributed by atoms with van der Waals surface area (Å²) in [7, 11) is 3.00. The van der Waals surface area contributed by atoms with E-state index in [1.165, 1.54) is 23.9 Å². The third-order valence-corrected chi connectivity index (χ3v) is 23.7. The van der Waals surface area contributed by atoms with E-state index >= 15 is 4.79 Å². The van der Waals surface area contributed by atoms with Crippen molar-refractivity contribution in [3.05, 3.63) is 297 Å². The second-order valence-corrected chi connectivity index (χ2v) is 31.9. The quantitative estimate of drug-likeness (QED) is 0.0235. The fraction of sp³-hybridized carbons (Fsp3) is 0.360. The van der Waals surface area contributed by atoms with Crippen molar-refractivity contribution in [3.63, 3.8) is 0 Å². The Morgan fingerprint density at radius 1 is 0.420 bits per heavy atom. The van der Waals surface area contributed by atoms with Gasteiger partial charge in [-0.15, -0.1) is 0 Å². The lowest BCUT2D eigenvalue weighted by molar-refractivity contribution is -0.159. The van der Waals surface area contributed by atoms with Crippen LogP contribution in [0.1, 0.15) is 173 Å². The van der Waals surface area contributed by atoms with Crippen LogP contribution in [0.3, 0.4) is 0 Å². The van der Waals surface area contributed by atoms with Crippen LogP contribution in [0.5, 0.6) is 0 Å². The number of carboxylic acid groups (broad SMARTS) is 1. The van der Waals surface area contributed by atoms with E-state index in [1.54, 1.807) is 30.9 Å². The molecule has 18 nitrogen and oxygen atoms in total. The number of rotatable bonds is 32. The number of aliphatic carboxylic acids is 1. The zero-order chi connectivity index (χ0) is 82.7. The van der Waals surface area contributed by atoms with Crippen LogP contribution in [0, 0.1) is 30.6 Å². The van der Waals surface area contributed by atoms with Crippen molar-refractivity contribution in [2.45, 2.75) is 155 Å². The van der Waals surface area contributed by atoms with Gasteiger partial charge < -0.3 is 38.9 Å². The molecule has 0 spiro atoms. The Labute approximate surface area is 705 Å². The molecule has 2 aliphatic carbocycles. The topological polar surface area (TPSA) is 232 Å². The summed E-state index contributed by atoms with van der Waals surface area (Å²) >= 11 is 7.00. The minimum Gasteiger partial charge on any atom is -0.481 e. The van der Waals surface area contributed by atoms with Crippen LogP contribution in [0.25, 0.3) is 22.3 Å². The van der Waals surface area contributed by atoms with Crippen LogP contribution in [-0.4, -0.2) is 149 Å². The Morgan fingerprint density at radius 2 is 0.756 bits per heavy atom. The predicted octanol–water partition coefficient (Wildman–Crippen LogP) is 17.7. The molecule has 0 saturated carbocycles. The number of hydrogen-bond donors (Lipinski definition) is 1. The molecule has 0 aromatic heterocycles. The van der Waals surface area contributed by atoms with Gasteiger partial charge in [0.15, 0.2) is 17.2 Å². The van der Waals surface area contributed by atoms with Gasteiger partial charge in [0.1, 0.15) is 13.2 Å². The van der Waals surface area contributed by atoms with Gasteiger partial charge in [-0.1, -0.05) is 276 Å². The number of carboxylic acids is 1. The van der Waals surface area contributed by atoms with Gasteiger partial charge in [-0.2, -0.15) is 0 Å². The normalized spacial score (nSPS) is 15.3. The lowest BCUT2D eigenvalue weighted by atomic mass is 9.79. The maximum atomic E-state index is 15.2. The Balaban J connectivity index is 0.000000262. The molecule has 119 heavy (non-hydrogen) atoms. The van der Waals surface area contributed by atoms with E-state index in [9.17, 15) is 48.3 Å². The number of likely N-dealkylation sites (N-methyl/N-ethyl adjacent to an activating group) is 2. The first-order valence-corrected chi connectivity index (χ1v) is 41.2. The SMILES string of the molecule is C.C.C[C@H](CC(=O)[C@H](Cc1ccccc1)N(C)C(=O)[C@H](CC(=O)O)CC(=O)OCC1c2ccccc2-c2ccccc21)C(=O)N1CCCCC1.Cc1ccc(C(OC(=O)C[C@H](CC(=O)OCC2c3ccccc3-c3ccccc32)C(=O)N(C)[C@@H](Cc2ccccc2)C(=O)C[C@@H](C)C(=O)N2CCCCC2)(c2ccccc2)c2ccccc2Cl)cc1. The number of fused-ring (bicyclic) bond motifs is 6. The first kappa shape index (κ1) is 89.7. The molecule has 9 aromatic carbocycles. The highest BCUT2D eigenvalue weighted by Crippen LogP contribution is 2.48. The van der Waals surface area contributed by atoms with Crippen molar-refractivity contribution in [1.29, 1.82) is 0 Å². The molecular weight excluding hydrogens is 1520 g/mol. The molecule has 4 amide bonds. The Hall–Kier alpha value is -11.6. The summed E-state index contributed by atoms with van der Waals surface area (Å²) in [6.45, 7) is 8.20. The smallest absolute Gasteiger partial charge is 0.308 e. The Morgan fingerprint density at radius 3 is 1.14 bits per heavy atom. The molecule has 13 rings (SSSR count). The van der Waals surface area contributed by atoms with E-state index in [-0.39, 0.29) is 89.0 Å². The number of aryl methyl sites for hydroxylation is 1. The highest BCUT2D eigenvalue weighted by Gasteiger charge is 2.45. The summed E-state index contributed by atoms with van der Waals surface area (Å²) < 4.78 is 18.5. The van der Waals surface area contributed by atoms with E-state index < -0.39 is 103 Å². The number of Topliss-reactive ketones (excluding diaryl/α,β-unsaturated/α-hetero) is 2. The second-order valence-electron chi connectivity index (χ2n) is 31.5. The lowest BCUT2D eigenvalue weighted by Gasteiger charge is -2.36. The van der Waals surface area contributed by atoms with Gasteiger partial charge in [0.25, 0.3) is 0 Å². The molecule has 7 atom stereocenters. The van der Waals surface area contributed by atoms with E-state index in [4.69, 9.17) is 25.8 Å². The maximum Gasteiger partial charge on any atom is 0.308 e. The molecule has 19 heteroatoms. The van der Waals surface area contributed by atoms with Gasteiger partial charge in [-0.25, -0.2) is 0 Å². The number of carbonyl (C=O) groups is 10. The van der Waals surface area contributed by atoms with Gasteiger partial charge in [-0.3, -0.25) is 47.9 Å². The molecule has 9 aromatic rings. The summed E-state index contributed by atoms with van der Waals surface area (Å²) in [6.07, 6.45) is 4.03. The van der Waals surface area contributed by atoms with Gasteiger partial charge in [-0.05, 0) is 120 Å². The largest absolute Gasteiger partial charge is 0.481 e. The fourth-order valence-corrected chi connectivity index (χ4v) is 17.4. The number of likely N-dealkylation sites (tertiary alicyclic amines) is 2. The Bertz CT molecular complexity index is 4920. The molecule has 2 fully saturated rings. The number of carbonyl (C=O) groups excluding carboxylic acids is 9. The van der Waals surface area contributed by atoms with Crippen LogP contribution in [0.2, 0.25) is 5.02 Å². The predicted molar refractivity (Wildman–Crippen MR) is 463 cm³/mol. The summed E-state index contributed by atoms with van der Waals surface area (Å²) in [6, 6.07) is 72.7. The first-order chi connectivity index (χ1) is 56.6. The minimum atomic E-state index is -1.57. The number of hydrogen-bond acceptors (Lipinski definition) is 13. The molecule has 0 bridgehead atoms. The molecule has 1 unspecified atom stereocenters. The first-order valence-electron chi connectivity index (χ1n) is 40.8. The summed E-state index contributed by atoms with van der Waals surface area (Å²) in [5.74, 6) is -9.48. The van der Waals surface area contributed by atoms with Crippen LogP contribution in [-0.2, 0) is 80.6 Å². The van der Waals surface area contributed by atoms with Gasteiger partial charge in [0.2, 0.25) is 23.6 Å². The molecule has 2 aliphatic heterocycles. The zero-order valence-electron chi connectivity index (χ0n) is 67.2. The van der Waals surface area contributed by atoms with Crippen molar-refractivity contribution in [2.24, 2.45) is 23.7 Å². The van der Waals surface area contributed by atoms with Crippen LogP contribution in [0.15, 0.2) is 237 Å². The number of benzene rings is 9. The van der Waals surface area contributed by atoms with Crippen molar-refractivity contribution in [1.82, 2.24) is 19.6 Å². The van der Waals surface area contributed by atoms with Gasteiger partial charge in [0, 0.05) is 98.5 Å². The minimum absolute atomic E-state index is 0. The average molecular weight is 1630 g/mol. The third kappa shape index (κ3) is 21.8. The van der Waals surface area contributed by atoms with E-state index in [0.717, 1.165) is 99.7 Å². The second kappa shape index (κ2) is 42.2. The number of halogens is 1. The Kier molecular flexibility index (Phi) is 31.8. The number of ketones is 2.